The number of hydrogen-bond donors (Lipinski definition) is 1. The number of fused-ring (bicyclic) bond motifs is 4. The van der Waals surface area contributed by atoms with E-state index < -0.39 is 0 Å². The Morgan fingerprint density at radius 1 is 1.07 bits per heavy atom. The molecular weight excluding hydrogens is 406 g/mol. The van der Waals surface area contributed by atoms with Gasteiger partial charge >= 0.3 is 0 Å². The van der Waals surface area contributed by atoms with Gasteiger partial charge in [0.05, 0.1) is 10.2 Å². The smallest absolute Gasteiger partial charge is 0.183 e. The average Bonchev–Trinajstić information content (AvgIpc) is 3.27. The Labute approximate surface area is 178 Å². The molecule has 2 aromatic carbocycles. The van der Waals surface area contributed by atoms with E-state index in [-0.39, 0.29) is 0 Å². The van der Waals surface area contributed by atoms with Crippen LogP contribution in [-0.4, -0.2) is 29.5 Å². The minimum atomic E-state index is 0.844. The second kappa shape index (κ2) is 7.99. The summed E-state index contributed by atoms with van der Waals surface area (Å²) in [4.78, 5) is 8.76. The number of unbranched alkanes of at least 4 members (excludes halogenated alkanes) is 1. The highest BCUT2D eigenvalue weighted by molar-refractivity contribution is 7.22. The molecule has 0 saturated heterocycles. The van der Waals surface area contributed by atoms with Crippen LogP contribution in [0.15, 0.2) is 42.5 Å². The number of para-hydroxylation sites is 1. The second-order valence-corrected chi connectivity index (χ2v) is 9.89. The van der Waals surface area contributed by atoms with E-state index in [0.29, 0.717) is 0 Å². The van der Waals surface area contributed by atoms with Crippen molar-refractivity contribution in [3.63, 3.8) is 0 Å². The summed E-state index contributed by atoms with van der Waals surface area (Å²) in [5, 5.41) is 6.74. The van der Waals surface area contributed by atoms with E-state index in [4.69, 9.17) is 11.6 Å². The molecule has 0 bridgehead atoms. The summed E-state index contributed by atoms with van der Waals surface area (Å²) in [6.45, 7) is 4.38. The molecule has 4 aromatic rings. The number of nitrogens with zero attached hydrogens (tertiary/aromatic N) is 2. The number of anilines is 1. The molecule has 2 aromatic heterocycles. The van der Waals surface area contributed by atoms with E-state index in [1.54, 1.807) is 11.3 Å². The lowest BCUT2D eigenvalue weighted by Gasteiger charge is -2.26. The predicted octanol–water partition coefficient (Wildman–Crippen LogP) is 6.41. The van der Waals surface area contributed by atoms with E-state index in [1.165, 1.54) is 38.1 Å². The van der Waals surface area contributed by atoms with E-state index >= 15 is 0 Å². The van der Waals surface area contributed by atoms with Crippen LogP contribution in [0.5, 0.6) is 0 Å². The maximum Gasteiger partial charge on any atom is 0.183 e. The molecule has 1 aliphatic heterocycles. The molecule has 0 fully saturated rings. The standard InChI is InChI=1S/C22H22ClN3S2/c23-15-7-8-19-17(13-15)16-9-12-26(14-21(16)27-19)11-4-3-10-24-22-25-18-5-1-2-6-20(18)28-22/h1-2,5-8,13H,3-4,9-12,14H2,(H,24,25). The lowest BCUT2D eigenvalue weighted by Crippen LogP contribution is -2.30. The van der Waals surface area contributed by atoms with Crippen LogP contribution < -0.4 is 5.32 Å². The van der Waals surface area contributed by atoms with Crippen molar-refractivity contribution < 1.29 is 0 Å². The minimum absolute atomic E-state index is 0.844. The number of benzene rings is 2. The summed E-state index contributed by atoms with van der Waals surface area (Å²) in [6.07, 6.45) is 3.52. The maximum absolute atomic E-state index is 6.20. The zero-order valence-electron chi connectivity index (χ0n) is 15.6. The molecule has 0 saturated carbocycles. The normalized spacial score (nSPS) is 14.6. The van der Waals surface area contributed by atoms with E-state index in [1.807, 2.05) is 23.5 Å². The molecule has 3 nitrogen and oxygen atoms in total. The monoisotopic (exact) mass is 427 g/mol. The Bertz CT molecular complexity index is 1080. The zero-order valence-corrected chi connectivity index (χ0v) is 18.0. The van der Waals surface area contributed by atoms with Crippen LogP contribution in [0.4, 0.5) is 5.13 Å². The third kappa shape index (κ3) is 3.77. The fourth-order valence-corrected chi connectivity index (χ4v) is 6.26. The Morgan fingerprint density at radius 3 is 2.93 bits per heavy atom. The van der Waals surface area contributed by atoms with Crippen molar-refractivity contribution in [2.75, 3.05) is 25.0 Å². The molecule has 0 atom stereocenters. The van der Waals surface area contributed by atoms with Gasteiger partial charge in [0.15, 0.2) is 5.13 Å². The average molecular weight is 428 g/mol. The van der Waals surface area contributed by atoms with Crippen molar-refractivity contribution in [3.8, 4) is 0 Å². The molecule has 6 heteroatoms. The first-order chi connectivity index (χ1) is 13.8. The molecule has 144 valence electrons. The summed E-state index contributed by atoms with van der Waals surface area (Å²) < 4.78 is 2.62. The molecule has 0 radical (unpaired) electrons. The molecule has 5 rings (SSSR count). The van der Waals surface area contributed by atoms with Crippen LogP contribution >= 0.6 is 34.3 Å². The van der Waals surface area contributed by atoms with Crippen LogP contribution in [-0.2, 0) is 13.0 Å². The van der Waals surface area contributed by atoms with Crippen molar-refractivity contribution in [2.45, 2.75) is 25.8 Å². The van der Waals surface area contributed by atoms with Crippen molar-refractivity contribution in [1.82, 2.24) is 9.88 Å². The van der Waals surface area contributed by atoms with Gasteiger partial charge in [-0.2, -0.15) is 0 Å². The van der Waals surface area contributed by atoms with Crippen molar-refractivity contribution >= 4 is 59.7 Å². The minimum Gasteiger partial charge on any atom is -0.361 e. The van der Waals surface area contributed by atoms with Crippen molar-refractivity contribution in [1.29, 1.82) is 0 Å². The molecule has 0 spiro atoms. The topological polar surface area (TPSA) is 28.2 Å². The molecule has 3 heterocycles. The number of thiophene rings is 1. The Morgan fingerprint density at radius 2 is 2.00 bits per heavy atom. The first-order valence-electron chi connectivity index (χ1n) is 9.78. The summed E-state index contributed by atoms with van der Waals surface area (Å²) in [7, 11) is 0. The van der Waals surface area contributed by atoms with E-state index in [9.17, 15) is 0 Å². The largest absolute Gasteiger partial charge is 0.361 e. The summed E-state index contributed by atoms with van der Waals surface area (Å²) in [5.41, 5.74) is 2.61. The van der Waals surface area contributed by atoms with E-state index in [2.05, 4.69) is 45.5 Å². The Kier molecular flexibility index (Phi) is 5.24. The van der Waals surface area contributed by atoms with Crippen LogP contribution in [0.25, 0.3) is 20.3 Å². The van der Waals surface area contributed by atoms with Gasteiger partial charge in [-0.05, 0) is 67.1 Å². The molecule has 28 heavy (non-hydrogen) atoms. The Hall–Kier alpha value is -1.66. The maximum atomic E-state index is 6.20. The molecule has 1 N–H and O–H groups in total. The Balaban J connectivity index is 1.11. The number of rotatable bonds is 6. The fourth-order valence-electron chi connectivity index (χ4n) is 3.92. The van der Waals surface area contributed by atoms with Gasteiger partial charge in [0.2, 0.25) is 0 Å². The molecule has 0 unspecified atom stereocenters. The first-order valence-corrected chi connectivity index (χ1v) is 11.8. The van der Waals surface area contributed by atoms with Gasteiger partial charge in [-0.1, -0.05) is 35.1 Å². The fraction of sp³-hybridized carbons (Fsp3) is 0.318. The van der Waals surface area contributed by atoms with E-state index in [0.717, 1.165) is 48.3 Å². The van der Waals surface area contributed by atoms with Gasteiger partial charge in [-0.25, -0.2) is 4.98 Å². The third-order valence-corrected chi connectivity index (χ3v) is 7.78. The van der Waals surface area contributed by atoms with Crippen molar-refractivity contribution in [2.24, 2.45) is 0 Å². The first kappa shape index (κ1) is 18.4. The predicted molar refractivity (Wildman–Crippen MR) is 123 cm³/mol. The second-order valence-electron chi connectivity index (χ2n) is 7.29. The van der Waals surface area contributed by atoms with Gasteiger partial charge in [-0.3, -0.25) is 4.90 Å². The number of hydrogen-bond acceptors (Lipinski definition) is 5. The summed E-state index contributed by atoms with van der Waals surface area (Å²) in [5.74, 6) is 0. The molecular formula is C22H22ClN3S2. The highest BCUT2D eigenvalue weighted by Gasteiger charge is 2.20. The lowest BCUT2D eigenvalue weighted by molar-refractivity contribution is 0.253. The molecule has 1 aliphatic rings. The van der Waals surface area contributed by atoms with Crippen molar-refractivity contribution in [3.05, 3.63) is 57.9 Å². The van der Waals surface area contributed by atoms with Gasteiger partial charge in [0, 0.05) is 34.2 Å². The van der Waals surface area contributed by atoms with Crippen LogP contribution in [0, 0.1) is 0 Å². The zero-order chi connectivity index (χ0) is 18.9. The lowest BCUT2D eigenvalue weighted by atomic mass is 10.0. The van der Waals surface area contributed by atoms with Gasteiger partial charge in [0.25, 0.3) is 0 Å². The van der Waals surface area contributed by atoms with Crippen LogP contribution in [0.1, 0.15) is 23.3 Å². The van der Waals surface area contributed by atoms with Crippen LogP contribution in [0.3, 0.4) is 0 Å². The van der Waals surface area contributed by atoms with Gasteiger partial charge in [0.1, 0.15) is 0 Å². The highest BCUT2D eigenvalue weighted by Crippen LogP contribution is 2.36. The summed E-state index contributed by atoms with van der Waals surface area (Å²) >= 11 is 9.87. The quantitative estimate of drug-likeness (QED) is 0.360. The SMILES string of the molecule is Clc1ccc2sc3c(c2c1)CCN(CCCCNc1nc2ccccc2s1)C3. The number of halogens is 1. The highest BCUT2D eigenvalue weighted by atomic mass is 35.5. The number of thiazole rings is 1. The number of nitrogens with one attached hydrogen (secondary N) is 1. The molecule has 0 aliphatic carbocycles. The molecule has 0 amide bonds. The van der Waals surface area contributed by atoms with Crippen LogP contribution in [0.2, 0.25) is 5.02 Å². The summed E-state index contributed by atoms with van der Waals surface area (Å²) in [6, 6.07) is 14.6. The third-order valence-electron chi connectivity index (χ3n) is 5.35. The number of aromatic nitrogens is 1. The van der Waals surface area contributed by atoms with Gasteiger partial charge in [-0.15, -0.1) is 11.3 Å². The van der Waals surface area contributed by atoms with Gasteiger partial charge < -0.3 is 5.32 Å².